The van der Waals surface area contributed by atoms with E-state index < -0.39 is 0 Å². The number of halogens is 1. The van der Waals surface area contributed by atoms with E-state index in [9.17, 15) is 0 Å². The quantitative estimate of drug-likeness (QED) is 0.883. The first-order valence-corrected chi connectivity index (χ1v) is 6.72. The predicted octanol–water partition coefficient (Wildman–Crippen LogP) is 1.57. The zero-order valence-electron chi connectivity index (χ0n) is 9.99. The lowest BCUT2D eigenvalue weighted by Crippen LogP contribution is -2.22. The Labute approximate surface area is 110 Å². The standard InChI is InChI=1S/C11H18BrN5/c1-2-17-4-3-8(6-17)5-14-11-9(12)10(13)15-7-16-11/h7-8H,2-6H2,1H3,(H3,13,14,15,16). The van der Waals surface area contributed by atoms with E-state index in [0.29, 0.717) is 11.7 Å². The molecular formula is C11H18BrN5. The van der Waals surface area contributed by atoms with Gasteiger partial charge in [-0.3, -0.25) is 0 Å². The highest BCUT2D eigenvalue weighted by molar-refractivity contribution is 9.10. The maximum atomic E-state index is 5.70. The van der Waals surface area contributed by atoms with E-state index in [2.05, 4.69) is 43.0 Å². The largest absolute Gasteiger partial charge is 0.383 e. The van der Waals surface area contributed by atoms with Crippen LogP contribution in [0, 0.1) is 5.92 Å². The lowest BCUT2D eigenvalue weighted by Gasteiger charge is -2.14. The van der Waals surface area contributed by atoms with Crippen LogP contribution in [0.1, 0.15) is 13.3 Å². The molecule has 0 amide bonds. The summed E-state index contributed by atoms with van der Waals surface area (Å²) in [7, 11) is 0. The summed E-state index contributed by atoms with van der Waals surface area (Å²) in [4.78, 5) is 10.6. The molecule has 2 rings (SSSR count). The van der Waals surface area contributed by atoms with Crippen molar-refractivity contribution >= 4 is 27.6 Å². The molecule has 1 aliphatic rings. The highest BCUT2D eigenvalue weighted by atomic mass is 79.9. The molecule has 17 heavy (non-hydrogen) atoms. The van der Waals surface area contributed by atoms with Gasteiger partial charge in [-0.15, -0.1) is 0 Å². The Balaban J connectivity index is 1.88. The molecular weight excluding hydrogens is 282 g/mol. The molecule has 5 nitrogen and oxygen atoms in total. The van der Waals surface area contributed by atoms with Gasteiger partial charge in [-0.2, -0.15) is 0 Å². The minimum absolute atomic E-state index is 0.476. The van der Waals surface area contributed by atoms with E-state index in [-0.39, 0.29) is 0 Å². The number of nitrogens with two attached hydrogens (primary N) is 1. The monoisotopic (exact) mass is 299 g/mol. The van der Waals surface area contributed by atoms with Crippen LogP contribution in [0.15, 0.2) is 10.8 Å². The van der Waals surface area contributed by atoms with Gasteiger partial charge >= 0.3 is 0 Å². The average molecular weight is 300 g/mol. The minimum Gasteiger partial charge on any atom is -0.383 e. The number of hydrogen-bond acceptors (Lipinski definition) is 5. The molecule has 0 radical (unpaired) electrons. The van der Waals surface area contributed by atoms with Crippen molar-refractivity contribution in [1.82, 2.24) is 14.9 Å². The van der Waals surface area contributed by atoms with Crippen molar-refractivity contribution < 1.29 is 0 Å². The summed E-state index contributed by atoms with van der Waals surface area (Å²) in [5.74, 6) is 1.95. The summed E-state index contributed by atoms with van der Waals surface area (Å²) in [6, 6.07) is 0. The second-order valence-electron chi connectivity index (χ2n) is 4.35. The van der Waals surface area contributed by atoms with Crippen molar-refractivity contribution in [1.29, 1.82) is 0 Å². The topological polar surface area (TPSA) is 67.1 Å². The van der Waals surface area contributed by atoms with Gasteiger partial charge in [0.15, 0.2) is 0 Å². The van der Waals surface area contributed by atoms with E-state index in [0.717, 1.165) is 23.4 Å². The normalized spacial score (nSPS) is 20.7. The van der Waals surface area contributed by atoms with Crippen LogP contribution < -0.4 is 11.1 Å². The molecule has 1 aromatic heterocycles. The number of rotatable bonds is 4. The summed E-state index contributed by atoms with van der Waals surface area (Å²) in [6.07, 6.45) is 2.73. The molecule has 1 saturated heterocycles. The Bertz CT molecular complexity index is 384. The predicted molar refractivity (Wildman–Crippen MR) is 72.9 cm³/mol. The number of aromatic nitrogens is 2. The van der Waals surface area contributed by atoms with Crippen LogP contribution in [-0.4, -0.2) is 41.0 Å². The number of nitrogens with one attached hydrogen (secondary N) is 1. The molecule has 0 aromatic carbocycles. The van der Waals surface area contributed by atoms with Gasteiger partial charge < -0.3 is 16.0 Å². The Kier molecular flexibility index (Phi) is 4.17. The van der Waals surface area contributed by atoms with Crippen LogP contribution in [0.4, 0.5) is 11.6 Å². The molecule has 0 saturated carbocycles. The van der Waals surface area contributed by atoms with Gasteiger partial charge in [0.05, 0.1) is 0 Å². The Morgan fingerprint density at radius 2 is 2.41 bits per heavy atom. The third-order valence-corrected chi connectivity index (χ3v) is 3.97. The van der Waals surface area contributed by atoms with Crippen LogP contribution in [0.25, 0.3) is 0 Å². The van der Waals surface area contributed by atoms with E-state index in [1.807, 2.05) is 0 Å². The number of hydrogen-bond donors (Lipinski definition) is 2. The Morgan fingerprint density at radius 3 is 3.12 bits per heavy atom. The van der Waals surface area contributed by atoms with Crippen LogP contribution in [0.3, 0.4) is 0 Å². The zero-order valence-corrected chi connectivity index (χ0v) is 11.6. The van der Waals surface area contributed by atoms with E-state index in [1.165, 1.54) is 25.8 Å². The van der Waals surface area contributed by atoms with E-state index >= 15 is 0 Å². The van der Waals surface area contributed by atoms with E-state index in [4.69, 9.17) is 5.73 Å². The molecule has 1 fully saturated rings. The second kappa shape index (κ2) is 5.64. The molecule has 3 N–H and O–H groups in total. The second-order valence-corrected chi connectivity index (χ2v) is 5.14. The number of likely N-dealkylation sites (tertiary alicyclic amines) is 1. The summed E-state index contributed by atoms with van der Waals surface area (Å²) >= 11 is 3.39. The fraction of sp³-hybridized carbons (Fsp3) is 0.636. The first kappa shape index (κ1) is 12.6. The summed E-state index contributed by atoms with van der Waals surface area (Å²) < 4.78 is 0.755. The lowest BCUT2D eigenvalue weighted by molar-refractivity contribution is 0.345. The van der Waals surface area contributed by atoms with Crippen molar-refractivity contribution in [3.63, 3.8) is 0 Å². The minimum atomic E-state index is 0.476. The molecule has 1 aromatic rings. The van der Waals surface area contributed by atoms with Gasteiger partial charge in [0.2, 0.25) is 0 Å². The van der Waals surface area contributed by atoms with Crippen LogP contribution in [0.5, 0.6) is 0 Å². The van der Waals surface area contributed by atoms with Crippen LogP contribution in [0.2, 0.25) is 0 Å². The fourth-order valence-corrected chi connectivity index (χ4v) is 2.46. The summed E-state index contributed by atoms with van der Waals surface area (Å²) in [5.41, 5.74) is 5.70. The Morgan fingerprint density at radius 1 is 1.59 bits per heavy atom. The summed E-state index contributed by atoms with van der Waals surface area (Å²) in [5, 5.41) is 3.34. The highest BCUT2D eigenvalue weighted by Crippen LogP contribution is 2.25. The molecule has 1 atom stereocenters. The molecule has 6 heteroatoms. The Hall–Kier alpha value is -0.880. The van der Waals surface area contributed by atoms with Crippen LogP contribution in [-0.2, 0) is 0 Å². The van der Waals surface area contributed by atoms with Crippen molar-refractivity contribution in [3.05, 3.63) is 10.8 Å². The van der Waals surface area contributed by atoms with Gasteiger partial charge in [0.1, 0.15) is 22.4 Å². The fourth-order valence-electron chi connectivity index (χ4n) is 2.11. The van der Waals surface area contributed by atoms with Crippen molar-refractivity contribution in [3.8, 4) is 0 Å². The van der Waals surface area contributed by atoms with Crippen LogP contribution >= 0.6 is 15.9 Å². The summed E-state index contributed by atoms with van der Waals surface area (Å²) in [6.45, 7) is 6.65. The van der Waals surface area contributed by atoms with Gasteiger partial charge in [0.25, 0.3) is 0 Å². The van der Waals surface area contributed by atoms with Gasteiger partial charge in [-0.05, 0) is 41.4 Å². The van der Waals surface area contributed by atoms with Gasteiger partial charge in [-0.1, -0.05) is 6.92 Å². The molecule has 0 bridgehead atoms. The molecule has 2 heterocycles. The number of anilines is 2. The first-order valence-electron chi connectivity index (χ1n) is 5.93. The molecule has 0 spiro atoms. The molecule has 1 unspecified atom stereocenters. The number of nitrogen functional groups attached to an aromatic ring is 1. The first-order chi connectivity index (χ1) is 8.20. The van der Waals surface area contributed by atoms with Crippen molar-refractivity contribution in [2.24, 2.45) is 5.92 Å². The van der Waals surface area contributed by atoms with Crippen molar-refractivity contribution in [2.45, 2.75) is 13.3 Å². The third-order valence-electron chi connectivity index (χ3n) is 3.19. The van der Waals surface area contributed by atoms with Gasteiger partial charge in [0, 0.05) is 13.1 Å². The molecule has 94 valence electrons. The molecule has 1 aliphatic heterocycles. The highest BCUT2D eigenvalue weighted by Gasteiger charge is 2.21. The smallest absolute Gasteiger partial charge is 0.145 e. The van der Waals surface area contributed by atoms with E-state index in [1.54, 1.807) is 0 Å². The number of nitrogens with zero attached hydrogens (tertiary/aromatic N) is 3. The van der Waals surface area contributed by atoms with Crippen molar-refractivity contribution in [2.75, 3.05) is 37.2 Å². The zero-order chi connectivity index (χ0) is 12.3. The molecule has 0 aliphatic carbocycles. The lowest BCUT2D eigenvalue weighted by atomic mass is 10.1. The third kappa shape index (κ3) is 3.07. The van der Waals surface area contributed by atoms with Gasteiger partial charge in [-0.25, -0.2) is 9.97 Å². The maximum absolute atomic E-state index is 5.70. The SMILES string of the molecule is CCN1CCC(CNc2ncnc(N)c2Br)C1. The average Bonchev–Trinajstić information content (AvgIpc) is 2.79. The maximum Gasteiger partial charge on any atom is 0.145 e.